The zero-order valence-electron chi connectivity index (χ0n) is 21.7. The second-order valence-electron chi connectivity index (χ2n) is 9.36. The van der Waals surface area contributed by atoms with Gasteiger partial charge in [0.1, 0.15) is 42.4 Å². The molecule has 0 saturated heterocycles. The summed E-state index contributed by atoms with van der Waals surface area (Å²) in [6, 6.07) is 19.0. The molecule has 3 aromatic carbocycles. The summed E-state index contributed by atoms with van der Waals surface area (Å²) in [6.45, 7) is 10.3. The molecule has 0 atom stereocenters. The quantitative estimate of drug-likeness (QED) is 0.166. The third-order valence-corrected chi connectivity index (χ3v) is 5.15. The molecule has 196 valence electrons. The van der Waals surface area contributed by atoms with Crippen LogP contribution in [0.2, 0.25) is 0 Å². The average molecular weight is 517 g/mol. The van der Waals surface area contributed by atoms with E-state index in [2.05, 4.69) is 6.58 Å². The van der Waals surface area contributed by atoms with Gasteiger partial charge in [-0.15, -0.1) is 0 Å². The van der Waals surface area contributed by atoms with E-state index in [1.54, 1.807) is 82.3 Å². The molecule has 0 aliphatic heterocycles. The van der Waals surface area contributed by atoms with Gasteiger partial charge in [-0.25, -0.2) is 9.18 Å². The van der Waals surface area contributed by atoms with Crippen LogP contribution in [0.1, 0.15) is 27.7 Å². The number of hydrogen-bond donors (Lipinski definition) is 0. The Balaban J connectivity index is 1.60. The Morgan fingerprint density at radius 1 is 0.737 bits per heavy atom. The van der Waals surface area contributed by atoms with Crippen LogP contribution < -0.4 is 9.47 Å². The van der Waals surface area contributed by atoms with E-state index in [0.717, 1.165) is 11.8 Å². The van der Waals surface area contributed by atoms with Crippen molar-refractivity contribution in [1.29, 1.82) is 0 Å². The van der Waals surface area contributed by atoms with Crippen molar-refractivity contribution in [2.24, 2.45) is 5.41 Å². The maximum absolute atomic E-state index is 15.0. The van der Waals surface area contributed by atoms with Gasteiger partial charge in [-0.3, -0.25) is 4.79 Å². The van der Waals surface area contributed by atoms with Crippen molar-refractivity contribution in [2.45, 2.75) is 27.7 Å². The number of esters is 2. The highest BCUT2D eigenvalue weighted by Gasteiger charge is 2.22. The zero-order valence-corrected chi connectivity index (χ0v) is 21.7. The van der Waals surface area contributed by atoms with E-state index in [1.807, 2.05) is 6.07 Å². The standard InChI is InChI=1S/C31H29FO6/c1-21(2)29(33)37-18-16-35-25-11-6-22(7-12-25)24-10-15-27(28(32)20-24)23-8-13-26(14-9-23)36-17-19-38-30(34)31(3,4)5/h6-20H,1H2,2-5H3/b18-16-,19-17-. The molecule has 0 unspecified atom stereocenters. The number of carbonyl (C=O) groups is 2. The number of benzene rings is 3. The van der Waals surface area contributed by atoms with Gasteiger partial charge >= 0.3 is 11.9 Å². The molecule has 7 heteroatoms. The summed E-state index contributed by atoms with van der Waals surface area (Å²) in [4.78, 5) is 23.1. The first kappa shape index (κ1) is 27.9. The Hall–Kier alpha value is -4.65. The second kappa shape index (κ2) is 12.5. The monoisotopic (exact) mass is 516 g/mol. The van der Waals surface area contributed by atoms with Gasteiger partial charge in [0, 0.05) is 11.1 Å². The predicted octanol–water partition coefficient (Wildman–Crippen LogP) is 7.57. The number of rotatable bonds is 9. The first-order chi connectivity index (χ1) is 18.0. The Kier molecular flexibility index (Phi) is 9.22. The van der Waals surface area contributed by atoms with Crippen molar-refractivity contribution < 1.29 is 32.9 Å². The molecule has 0 aromatic heterocycles. The smallest absolute Gasteiger partial charge is 0.338 e. The molecule has 0 heterocycles. The van der Waals surface area contributed by atoms with Gasteiger partial charge in [-0.1, -0.05) is 43.0 Å². The SMILES string of the molecule is C=C(C)C(=O)O/C=C\Oc1ccc(-c2ccc(-c3ccc(O/C=C\OC(=O)C(C)(C)C)cc3)c(F)c2)cc1. The maximum atomic E-state index is 15.0. The van der Waals surface area contributed by atoms with Crippen molar-refractivity contribution in [3.05, 3.63) is 110 Å². The topological polar surface area (TPSA) is 71.1 Å². The lowest BCUT2D eigenvalue weighted by atomic mass is 9.98. The van der Waals surface area contributed by atoms with Crippen molar-refractivity contribution >= 4 is 11.9 Å². The van der Waals surface area contributed by atoms with Gasteiger partial charge in [0.05, 0.1) is 5.41 Å². The van der Waals surface area contributed by atoms with Gasteiger partial charge in [0.2, 0.25) is 0 Å². The Bertz CT molecular complexity index is 1350. The molecule has 38 heavy (non-hydrogen) atoms. The van der Waals surface area contributed by atoms with Gasteiger partial charge < -0.3 is 18.9 Å². The van der Waals surface area contributed by atoms with Crippen LogP contribution in [0.4, 0.5) is 4.39 Å². The Morgan fingerprint density at radius 2 is 1.24 bits per heavy atom. The summed E-state index contributed by atoms with van der Waals surface area (Å²) in [5.74, 6) is -0.236. The molecule has 0 aliphatic rings. The summed E-state index contributed by atoms with van der Waals surface area (Å²) >= 11 is 0. The highest BCUT2D eigenvalue weighted by molar-refractivity contribution is 5.87. The minimum absolute atomic E-state index is 0.286. The minimum atomic E-state index is -0.606. The van der Waals surface area contributed by atoms with Crippen molar-refractivity contribution in [3.8, 4) is 33.8 Å². The van der Waals surface area contributed by atoms with E-state index in [9.17, 15) is 14.0 Å². The minimum Gasteiger partial charge on any atom is -0.462 e. The third-order valence-electron chi connectivity index (χ3n) is 5.15. The first-order valence-electron chi connectivity index (χ1n) is 11.8. The summed E-state index contributed by atoms with van der Waals surface area (Å²) in [5, 5.41) is 0. The molecule has 0 radical (unpaired) electrons. The van der Waals surface area contributed by atoms with E-state index in [-0.39, 0.29) is 17.4 Å². The van der Waals surface area contributed by atoms with Crippen LogP contribution in [0.3, 0.4) is 0 Å². The molecule has 0 saturated carbocycles. The number of ether oxygens (including phenoxy) is 4. The second-order valence-corrected chi connectivity index (χ2v) is 9.36. The molecule has 0 N–H and O–H groups in total. The summed E-state index contributed by atoms with van der Waals surface area (Å²) in [6.07, 6.45) is 4.86. The average Bonchev–Trinajstić information content (AvgIpc) is 2.89. The van der Waals surface area contributed by atoms with Gasteiger partial charge in [-0.05, 0) is 74.7 Å². The molecule has 0 amide bonds. The van der Waals surface area contributed by atoms with E-state index in [4.69, 9.17) is 18.9 Å². The van der Waals surface area contributed by atoms with Crippen LogP contribution in [0, 0.1) is 11.2 Å². The van der Waals surface area contributed by atoms with Gasteiger partial charge in [-0.2, -0.15) is 0 Å². The molecule has 0 aliphatic carbocycles. The fourth-order valence-corrected chi connectivity index (χ4v) is 3.04. The third kappa shape index (κ3) is 7.93. The normalized spacial score (nSPS) is 11.4. The molecule has 3 rings (SSSR count). The number of halogens is 1. The van der Waals surface area contributed by atoms with Crippen molar-refractivity contribution in [2.75, 3.05) is 0 Å². The highest BCUT2D eigenvalue weighted by atomic mass is 19.1. The highest BCUT2D eigenvalue weighted by Crippen LogP contribution is 2.30. The van der Waals surface area contributed by atoms with Crippen LogP contribution in [0.25, 0.3) is 22.3 Å². The summed E-state index contributed by atoms with van der Waals surface area (Å²) in [5.41, 5.74) is 2.33. The summed E-state index contributed by atoms with van der Waals surface area (Å²) < 4.78 is 35.6. The molecule has 0 spiro atoms. The molecular formula is C31H29FO6. The fraction of sp³-hybridized carbons (Fsp3) is 0.161. The predicted molar refractivity (Wildman–Crippen MR) is 143 cm³/mol. The van der Waals surface area contributed by atoms with Crippen molar-refractivity contribution in [1.82, 2.24) is 0 Å². The largest absolute Gasteiger partial charge is 0.462 e. The van der Waals surface area contributed by atoms with E-state index in [0.29, 0.717) is 28.2 Å². The van der Waals surface area contributed by atoms with Crippen LogP contribution in [0.15, 0.2) is 104 Å². The van der Waals surface area contributed by atoms with E-state index >= 15 is 0 Å². The van der Waals surface area contributed by atoms with Crippen LogP contribution in [-0.2, 0) is 19.1 Å². The lowest BCUT2D eigenvalue weighted by molar-refractivity contribution is -0.147. The van der Waals surface area contributed by atoms with E-state index < -0.39 is 11.4 Å². The Labute approximate surface area is 221 Å². The van der Waals surface area contributed by atoms with Crippen LogP contribution >= 0.6 is 0 Å². The van der Waals surface area contributed by atoms with Crippen LogP contribution in [-0.4, -0.2) is 11.9 Å². The molecule has 6 nitrogen and oxygen atoms in total. The molecule has 3 aromatic rings. The first-order valence-corrected chi connectivity index (χ1v) is 11.8. The summed E-state index contributed by atoms with van der Waals surface area (Å²) in [7, 11) is 0. The molecule has 0 bridgehead atoms. The zero-order chi connectivity index (χ0) is 27.7. The Morgan fingerprint density at radius 3 is 1.74 bits per heavy atom. The van der Waals surface area contributed by atoms with Gasteiger partial charge in [0.25, 0.3) is 0 Å². The lowest BCUT2D eigenvalue weighted by Crippen LogP contribution is -2.20. The van der Waals surface area contributed by atoms with Gasteiger partial charge in [0.15, 0.2) is 0 Å². The fourth-order valence-electron chi connectivity index (χ4n) is 3.04. The molecule has 0 fully saturated rings. The maximum Gasteiger partial charge on any atom is 0.338 e. The number of hydrogen-bond acceptors (Lipinski definition) is 6. The molecular weight excluding hydrogens is 487 g/mol. The van der Waals surface area contributed by atoms with Crippen molar-refractivity contribution in [3.63, 3.8) is 0 Å². The number of carbonyl (C=O) groups excluding carboxylic acids is 2. The van der Waals surface area contributed by atoms with E-state index in [1.165, 1.54) is 24.9 Å². The van der Waals surface area contributed by atoms with Crippen LogP contribution in [0.5, 0.6) is 11.5 Å². The lowest BCUT2D eigenvalue weighted by Gasteiger charge is -2.13.